The number of fused-ring (bicyclic) bond motifs is 1. The van der Waals surface area contributed by atoms with Crippen LogP contribution < -0.4 is 5.32 Å². The molecule has 2 aromatic heterocycles. The van der Waals surface area contributed by atoms with Crippen LogP contribution in [-0.4, -0.2) is 10.9 Å². The molecule has 4 heteroatoms. The van der Waals surface area contributed by atoms with E-state index >= 15 is 0 Å². The summed E-state index contributed by atoms with van der Waals surface area (Å²) in [4.78, 5) is 15.3. The third-order valence-corrected chi connectivity index (χ3v) is 1.94. The van der Waals surface area contributed by atoms with Gasteiger partial charge in [-0.3, -0.25) is 9.78 Å². The highest BCUT2D eigenvalue weighted by Gasteiger charge is 2.06. The van der Waals surface area contributed by atoms with E-state index in [1.54, 1.807) is 31.5 Å². The van der Waals surface area contributed by atoms with Crippen molar-refractivity contribution in [2.24, 2.45) is 0 Å². The zero-order chi connectivity index (χ0) is 9.97. The van der Waals surface area contributed by atoms with Crippen molar-refractivity contribution in [3.8, 4) is 0 Å². The summed E-state index contributed by atoms with van der Waals surface area (Å²) in [7, 11) is 0. The highest BCUT2D eigenvalue weighted by Crippen LogP contribution is 2.21. The van der Waals surface area contributed by atoms with Crippen molar-refractivity contribution in [3.05, 3.63) is 24.6 Å². The maximum Gasteiger partial charge on any atom is 0.224 e. The van der Waals surface area contributed by atoms with Crippen molar-refractivity contribution < 1.29 is 9.21 Å². The predicted molar refractivity (Wildman–Crippen MR) is 52.9 cm³/mol. The lowest BCUT2D eigenvalue weighted by Gasteiger charge is -2.02. The van der Waals surface area contributed by atoms with Crippen LogP contribution in [0.15, 0.2) is 29.0 Å². The molecule has 72 valence electrons. The summed E-state index contributed by atoms with van der Waals surface area (Å²) < 4.78 is 5.22. The molecule has 0 spiro atoms. The molecular weight excluding hydrogens is 180 g/mol. The van der Waals surface area contributed by atoms with E-state index in [2.05, 4.69) is 10.3 Å². The summed E-state index contributed by atoms with van der Waals surface area (Å²) in [5, 5.41) is 2.75. The van der Waals surface area contributed by atoms with Gasteiger partial charge in [0.05, 0.1) is 12.0 Å². The molecule has 0 aliphatic heterocycles. The Morgan fingerprint density at radius 3 is 3.21 bits per heavy atom. The van der Waals surface area contributed by atoms with Gasteiger partial charge >= 0.3 is 0 Å². The fraction of sp³-hybridized carbons (Fsp3) is 0.200. The molecule has 0 saturated heterocycles. The van der Waals surface area contributed by atoms with Gasteiger partial charge in [0, 0.05) is 18.7 Å². The van der Waals surface area contributed by atoms with Gasteiger partial charge in [-0.25, -0.2) is 0 Å². The van der Waals surface area contributed by atoms with Crippen molar-refractivity contribution in [1.82, 2.24) is 4.98 Å². The number of pyridine rings is 1. The van der Waals surface area contributed by atoms with Crippen LogP contribution in [-0.2, 0) is 4.79 Å². The molecule has 14 heavy (non-hydrogen) atoms. The average Bonchev–Trinajstić information content (AvgIpc) is 2.66. The van der Waals surface area contributed by atoms with Crippen LogP contribution in [0.3, 0.4) is 0 Å². The summed E-state index contributed by atoms with van der Waals surface area (Å²) in [6.45, 7) is 1.80. The quantitative estimate of drug-likeness (QED) is 0.789. The molecule has 0 bridgehead atoms. The molecule has 0 unspecified atom stereocenters. The number of furan rings is 1. The fourth-order valence-electron chi connectivity index (χ4n) is 1.21. The molecule has 0 aromatic carbocycles. The van der Waals surface area contributed by atoms with Crippen molar-refractivity contribution in [2.45, 2.75) is 13.3 Å². The van der Waals surface area contributed by atoms with Crippen LogP contribution in [0.25, 0.3) is 11.1 Å². The zero-order valence-electron chi connectivity index (χ0n) is 7.78. The Morgan fingerprint density at radius 1 is 1.57 bits per heavy atom. The summed E-state index contributed by atoms with van der Waals surface area (Å²) in [5.74, 6) is -0.0334. The van der Waals surface area contributed by atoms with E-state index in [0.29, 0.717) is 17.7 Å². The first kappa shape index (κ1) is 8.74. The zero-order valence-corrected chi connectivity index (χ0v) is 7.78. The van der Waals surface area contributed by atoms with E-state index in [1.807, 2.05) is 0 Å². The fourth-order valence-corrected chi connectivity index (χ4v) is 1.21. The lowest BCUT2D eigenvalue weighted by atomic mass is 10.3. The van der Waals surface area contributed by atoms with Crippen LogP contribution >= 0.6 is 0 Å². The largest absolute Gasteiger partial charge is 0.460 e. The second kappa shape index (κ2) is 3.49. The first-order valence-electron chi connectivity index (χ1n) is 4.43. The monoisotopic (exact) mass is 190 g/mol. The molecular formula is C10H10N2O2. The minimum absolute atomic E-state index is 0.0334. The van der Waals surface area contributed by atoms with Crippen LogP contribution in [0, 0.1) is 0 Å². The second-order valence-corrected chi connectivity index (χ2v) is 2.90. The number of hydrogen-bond donors (Lipinski definition) is 1. The third kappa shape index (κ3) is 1.46. The van der Waals surface area contributed by atoms with Crippen molar-refractivity contribution >= 4 is 22.7 Å². The summed E-state index contributed by atoms with van der Waals surface area (Å²) in [5.41, 5.74) is 2.04. The number of rotatable bonds is 2. The topological polar surface area (TPSA) is 55.1 Å². The molecule has 0 aliphatic rings. The Bertz CT molecular complexity index is 462. The number of nitrogens with one attached hydrogen (secondary N) is 1. The number of aromatic nitrogens is 1. The molecule has 0 saturated carbocycles. The van der Waals surface area contributed by atoms with E-state index in [-0.39, 0.29) is 5.91 Å². The molecule has 0 aliphatic carbocycles. The van der Waals surface area contributed by atoms with Crippen molar-refractivity contribution in [3.63, 3.8) is 0 Å². The van der Waals surface area contributed by atoms with Crippen LogP contribution in [0.5, 0.6) is 0 Å². The summed E-state index contributed by atoms with van der Waals surface area (Å²) in [6.07, 6.45) is 3.65. The van der Waals surface area contributed by atoms with Gasteiger partial charge in [0.15, 0.2) is 5.58 Å². The first-order chi connectivity index (χ1) is 6.81. The smallest absolute Gasteiger partial charge is 0.224 e. The molecule has 1 N–H and O–H groups in total. The molecule has 1 amide bonds. The van der Waals surface area contributed by atoms with Gasteiger partial charge in [-0.15, -0.1) is 0 Å². The minimum Gasteiger partial charge on any atom is -0.460 e. The van der Waals surface area contributed by atoms with E-state index in [1.165, 1.54) is 0 Å². The van der Waals surface area contributed by atoms with Crippen LogP contribution in [0.1, 0.15) is 13.3 Å². The lowest BCUT2D eigenvalue weighted by molar-refractivity contribution is -0.115. The molecule has 0 atom stereocenters. The molecule has 2 heterocycles. The van der Waals surface area contributed by atoms with E-state index < -0.39 is 0 Å². The number of carbonyl (C=O) groups is 1. The molecule has 4 nitrogen and oxygen atoms in total. The average molecular weight is 190 g/mol. The van der Waals surface area contributed by atoms with Gasteiger partial charge in [-0.1, -0.05) is 6.92 Å². The Kier molecular flexibility index (Phi) is 2.18. The van der Waals surface area contributed by atoms with Gasteiger partial charge in [-0.2, -0.15) is 0 Å². The number of nitrogens with zero attached hydrogens (tertiary/aromatic N) is 1. The highest BCUT2D eigenvalue weighted by molar-refractivity contribution is 5.98. The standard InChI is InChI=1S/C10H10N2O2/c1-2-9(13)12-8-3-5-11-7-4-6-14-10(7)8/h3-6H,2H2,1H3,(H,11,12,13). The van der Waals surface area contributed by atoms with Gasteiger partial charge in [0.25, 0.3) is 0 Å². The molecule has 0 radical (unpaired) electrons. The molecule has 0 fully saturated rings. The Hall–Kier alpha value is -1.84. The van der Waals surface area contributed by atoms with E-state index in [9.17, 15) is 4.79 Å². The number of carbonyl (C=O) groups excluding carboxylic acids is 1. The SMILES string of the molecule is CCC(=O)Nc1ccnc2ccoc12. The van der Waals surface area contributed by atoms with Gasteiger partial charge in [0.2, 0.25) is 5.91 Å². The number of hydrogen-bond acceptors (Lipinski definition) is 3. The lowest BCUT2D eigenvalue weighted by Crippen LogP contribution is -2.09. The third-order valence-electron chi connectivity index (χ3n) is 1.94. The Balaban J connectivity index is 2.41. The Labute approximate surface area is 80.9 Å². The van der Waals surface area contributed by atoms with Crippen molar-refractivity contribution in [2.75, 3.05) is 5.32 Å². The Morgan fingerprint density at radius 2 is 2.43 bits per heavy atom. The van der Waals surface area contributed by atoms with Crippen LogP contribution in [0.2, 0.25) is 0 Å². The van der Waals surface area contributed by atoms with Gasteiger partial charge in [-0.05, 0) is 6.07 Å². The molecule has 2 aromatic rings. The van der Waals surface area contributed by atoms with Crippen LogP contribution in [0.4, 0.5) is 5.69 Å². The maximum absolute atomic E-state index is 11.2. The normalized spacial score (nSPS) is 10.4. The van der Waals surface area contributed by atoms with E-state index in [4.69, 9.17) is 4.42 Å². The predicted octanol–water partition coefficient (Wildman–Crippen LogP) is 2.18. The molecule has 2 rings (SSSR count). The van der Waals surface area contributed by atoms with Crippen molar-refractivity contribution in [1.29, 1.82) is 0 Å². The van der Waals surface area contributed by atoms with Gasteiger partial charge in [0.1, 0.15) is 5.52 Å². The van der Waals surface area contributed by atoms with E-state index in [0.717, 1.165) is 5.52 Å². The first-order valence-corrected chi connectivity index (χ1v) is 4.43. The summed E-state index contributed by atoms with van der Waals surface area (Å²) in [6, 6.07) is 3.48. The van der Waals surface area contributed by atoms with Gasteiger partial charge < -0.3 is 9.73 Å². The summed E-state index contributed by atoms with van der Waals surface area (Å²) >= 11 is 0. The maximum atomic E-state index is 11.2. The highest BCUT2D eigenvalue weighted by atomic mass is 16.3. The number of amides is 1. The second-order valence-electron chi connectivity index (χ2n) is 2.90. The number of anilines is 1. The minimum atomic E-state index is -0.0334.